The molecule has 0 heterocycles. The van der Waals surface area contributed by atoms with Crippen molar-refractivity contribution >= 4 is 27.8 Å². The van der Waals surface area contributed by atoms with Crippen LogP contribution >= 0.6 is 15.9 Å². The molecule has 0 bridgehead atoms. The summed E-state index contributed by atoms with van der Waals surface area (Å²) in [6.07, 6.45) is 0.669. The number of carboxylic acids is 1. The Bertz CT molecular complexity index is 517. The van der Waals surface area contributed by atoms with Gasteiger partial charge in [0, 0.05) is 4.47 Å². The minimum Gasteiger partial charge on any atom is -0.481 e. The summed E-state index contributed by atoms with van der Waals surface area (Å²) >= 11 is 3.30. The summed E-state index contributed by atoms with van der Waals surface area (Å²) in [4.78, 5) is 23.1. The molecule has 0 saturated carbocycles. The van der Waals surface area contributed by atoms with E-state index in [9.17, 15) is 9.59 Å². The number of amides is 1. The highest BCUT2D eigenvalue weighted by Crippen LogP contribution is 2.17. The van der Waals surface area contributed by atoms with E-state index in [1.807, 2.05) is 0 Å². The van der Waals surface area contributed by atoms with Crippen LogP contribution < -0.4 is 10.1 Å². The van der Waals surface area contributed by atoms with E-state index in [1.54, 1.807) is 31.2 Å². The Hall–Kier alpha value is -1.86. The molecule has 2 N–H and O–H groups in total. The molecule has 0 saturated heterocycles. The molecule has 7 heteroatoms. The first-order chi connectivity index (χ1) is 10.4. The van der Waals surface area contributed by atoms with Gasteiger partial charge in [-0.1, -0.05) is 22.0 Å². The molecule has 0 aliphatic rings. The SMILES string of the molecule is C=CCOCC(NC(=O)C(C)Oc1ccc(Br)cc1)C(=O)O. The molecule has 1 amide bonds. The largest absolute Gasteiger partial charge is 0.481 e. The van der Waals surface area contributed by atoms with E-state index in [-0.39, 0.29) is 13.2 Å². The molecule has 1 aromatic rings. The van der Waals surface area contributed by atoms with Gasteiger partial charge in [0.15, 0.2) is 12.1 Å². The second-order valence-electron chi connectivity index (χ2n) is 4.44. The van der Waals surface area contributed by atoms with Crippen molar-refractivity contribution in [1.82, 2.24) is 5.32 Å². The van der Waals surface area contributed by atoms with Crippen molar-refractivity contribution in [2.45, 2.75) is 19.1 Å². The summed E-state index contributed by atoms with van der Waals surface area (Å²) in [5, 5.41) is 11.4. The summed E-state index contributed by atoms with van der Waals surface area (Å²) in [5.74, 6) is -1.19. The van der Waals surface area contributed by atoms with E-state index in [1.165, 1.54) is 6.08 Å². The predicted molar refractivity (Wildman–Crippen MR) is 84.8 cm³/mol. The molecule has 0 fully saturated rings. The lowest BCUT2D eigenvalue weighted by atomic mass is 10.2. The third-order valence-corrected chi connectivity index (χ3v) is 3.16. The summed E-state index contributed by atoms with van der Waals surface area (Å²) < 4.78 is 11.4. The second-order valence-corrected chi connectivity index (χ2v) is 5.36. The molecule has 6 nitrogen and oxygen atoms in total. The number of carbonyl (C=O) groups excluding carboxylic acids is 1. The van der Waals surface area contributed by atoms with Crippen LogP contribution in [0.3, 0.4) is 0 Å². The number of hydrogen-bond acceptors (Lipinski definition) is 4. The molecule has 0 aliphatic heterocycles. The average Bonchev–Trinajstić information content (AvgIpc) is 2.48. The minimum atomic E-state index is -1.17. The predicted octanol–water partition coefficient (Wildman–Crippen LogP) is 1.99. The van der Waals surface area contributed by atoms with E-state index >= 15 is 0 Å². The Kier molecular flexibility index (Phi) is 7.62. The molecule has 1 aromatic carbocycles. The fourth-order valence-electron chi connectivity index (χ4n) is 1.50. The number of halogens is 1. The molecular weight excluding hydrogens is 354 g/mol. The van der Waals surface area contributed by atoms with Gasteiger partial charge in [0.05, 0.1) is 13.2 Å². The fourth-order valence-corrected chi connectivity index (χ4v) is 1.77. The zero-order chi connectivity index (χ0) is 16.5. The maximum absolute atomic E-state index is 12.0. The van der Waals surface area contributed by atoms with Crippen molar-refractivity contribution in [3.8, 4) is 5.75 Å². The Labute approximate surface area is 137 Å². The summed E-state index contributed by atoms with van der Waals surface area (Å²) in [7, 11) is 0. The van der Waals surface area contributed by atoms with Gasteiger partial charge in [-0.2, -0.15) is 0 Å². The van der Waals surface area contributed by atoms with Crippen LogP contribution in [0.25, 0.3) is 0 Å². The van der Waals surface area contributed by atoms with Crippen LogP contribution in [0, 0.1) is 0 Å². The first-order valence-corrected chi connectivity index (χ1v) is 7.37. The lowest BCUT2D eigenvalue weighted by Crippen LogP contribution is -2.48. The Morgan fingerprint density at radius 2 is 2.05 bits per heavy atom. The monoisotopic (exact) mass is 371 g/mol. The van der Waals surface area contributed by atoms with Crippen LogP contribution in [0.1, 0.15) is 6.92 Å². The molecule has 120 valence electrons. The minimum absolute atomic E-state index is 0.141. The Morgan fingerprint density at radius 1 is 1.41 bits per heavy atom. The lowest BCUT2D eigenvalue weighted by Gasteiger charge is -2.18. The lowest BCUT2D eigenvalue weighted by molar-refractivity contribution is -0.144. The highest BCUT2D eigenvalue weighted by molar-refractivity contribution is 9.10. The first kappa shape index (κ1) is 18.2. The van der Waals surface area contributed by atoms with Gasteiger partial charge < -0.3 is 19.9 Å². The van der Waals surface area contributed by atoms with Gasteiger partial charge in [-0.15, -0.1) is 6.58 Å². The third-order valence-electron chi connectivity index (χ3n) is 2.63. The van der Waals surface area contributed by atoms with E-state index in [4.69, 9.17) is 14.6 Å². The number of nitrogens with one attached hydrogen (secondary N) is 1. The van der Waals surface area contributed by atoms with Crippen molar-refractivity contribution in [3.05, 3.63) is 41.4 Å². The van der Waals surface area contributed by atoms with E-state index < -0.39 is 24.0 Å². The molecule has 1 rings (SSSR count). The molecule has 0 radical (unpaired) electrons. The molecule has 22 heavy (non-hydrogen) atoms. The quantitative estimate of drug-likeness (QED) is 0.512. The molecule has 0 spiro atoms. The van der Waals surface area contributed by atoms with Crippen molar-refractivity contribution in [2.75, 3.05) is 13.2 Å². The van der Waals surface area contributed by atoms with Crippen molar-refractivity contribution in [3.63, 3.8) is 0 Å². The van der Waals surface area contributed by atoms with Crippen molar-refractivity contribution in [2.24, 2.45) is 0 Å². The topological polar surface area (TPSA) is 84.9 Å². The maximum Gasteiger partial charge on any atom is 0.328 e. The highest BCUT2D eigenvalue weighted by Gasteiger charge is 2.24. The van der Waals surface area contributed by atoms with Gasteiger partial charge in [-0.25, -0.2) is 4.79 Å². The van der Waals surface area contributed by atoms with Crippen LogP contribution in [0.4, 0.5) is 0 Å². The van der Waals surface area contributed by atoms with Gasteiger partial charge in [-0.3, -0.25) is 4.79 Å². The molecule has 2 unspecified atom stereocenters. The zero-order valence-corrected chi connectivity index (χ0v) is 13.7. The smallest absolute Gasteiger partial charge is 0.328 e. The number of benzene rings is 1. The molecular formula is C15H18BrNO5. The highest BCUT2D eigenvalue weighted by atomic mass is 79.9. The van der Waals surface area contributed by atoms with Gasteiger partial charge in [0.25, 0.3) is 5.91 Å². The fraction of sp³-hybridized carbons (Fsp3) is 0.333. The van der Waals surface area contributed by atoms with E-state index in [0.717, 1.165) is 4.47 Å². The standard InChI is InChI=1S/C15H18BrNO5/c1-3-8-21-9-13(15(19)20)17-14(18)10(2)22-12-6-4-11(16)5-7-12/h3-7,10,13H,1,8-9H2,2H3,(H,17,18)(H,19,20). The number of rotatable bonds is 9. The van der Waals surface area contributed by atoms with Crippen LogP contribution in [-0.4, -0.2) is 42.3 Å². The third kappa shape index (κ3) is 6.28. The van der Waals surface area contributed by atoms with Gasteiger partial charge in [0.2, 0.25) is 0 Å². The zero-order valence-electron chi connectivity index (χ0n) is 12.1. The van der Waals surface area contributed by atoms with Gasteiger partial charge in [-0.05, 0) is 31.2 Å². The second kappa shape index (κ2) is 9.22. The van der Waals surface area contributed by atoms with E-state index in [0.29, 0.717) is 5.75 Å². The summed E-state index contributed by atoms with van der Waals surface area (Å²) in [6, 6.07) is 5.83. The number of ether oxygens (including phenoxy) is 2. The average molecular weight is 372 g/mol. The number of hydrogen-bond donors (Lipinski definition) is 2. The Morgan fingerprint density at radius 3 is 2.59 bits per heavy atom. The molecule has 2 atom stereocenters. The Balaban J connectivity index is 2.54. The van der Waals surface area contributed by atoms with Gasteiger partial charge >= 0.3 is 5.97 Å². The van der Waals surface area contributed by atoms with Crippen LogP contribution in [0.2, 0.25) is 0 Å². The van der Waals surface area contributed by atoms with Crippen molar-refractivity contribution in [1.29, 1.82) is 0 Å². The first-order valence-electron chi connectivity index (χ1n) is 6.58. The number of aliphatic carboxylic acids is 1. The van der Waals surface area contributed by atoms with Crippen LogP contribution in [0.5, 0.6) is 5.75 Å². The summed E-state index contributed by atoms with van der Waals surface area (Å²) in [5.41, 5.74) is 0. The van der Waals surface area contributed by atoms with E-state index in [2.05, 4.69) is 27.8 Å². The molecule has 0 aromatic heterocycles. The number of carbonyl (C=O) groups is 2. The van der Waals surface area contributed by atoms with Crippen LogP contribution in [0.15, 0.2) is 41.4 Å². The normalized spacial score (nSPS) is 13.0. The van der Waals surface area contributed by atoms with Crippen molar-refractivity contribution < 1.29 is 24.2 Å². The van der Waals surface area contributed by atoms with Crippen LogP contribution in [-0.2, 0) is 14.3 Å². The maximum atomic E-state index is 12.0. The number of carboxylic acid groups (broad SMARTS) is 1. The molecule has 0 aliphatic carbocycles. The van der Waals surface area contributed by atoms with Gasteiger partial charge in [0.1, 0.15) is 5.75 Å². The summed E-state index contributed by atoms with van der Waals surface area (Å²) in [6.45, 7) is 5.08.